The average molecular weight is 194 g/mol. The first-order chi connectivity index (χ1) is 6.58. The van der Waals surface area contributed by atoms with Crippen LogP contribution in [-0.2, 0) is 11.2 Å². The molecule has 1 aromatic rings. The topological polar surface area (TPSA) is 52.1 Å². The number of nitrogens with zero attached hydrogens (tertiary/aromatic N) is 2. The summed E-state index contributed by atoms with van der Waals surface area (Å²) in [6.07, 6.45) is 1.97. The number of ketones is 1. The molecule has 4 heteroatoms. The molecule has 0 unspecified atom stereocenters. The van der Waals surface area contributed by atoms with Crippen LogP contribution >= 0.6 is 0 Å². The van der Waals surface area contributed by atoms with Gasteiger partial charge in [-0.15, -0.1) is 0 Å². The lowest BCUT2D eigenvalue weighted by Crippen LogP contribution is -2.09. The van der Waals surface area contributed by atoms with Crippen molar-refractivity contribution in [3.8, 4) is 6.01 Å². The second-order valence-electron chi connectivity index (χ2n) is 3.38. The molecule has 0 atom stereocenters. The molecule has 0 bridgehead atoms. The zero-order chi connectivity index (χ0) is 10.6. The van der Waals surface area contributed by atoms with Gasteiger partial charge in [0.2, 0.25) is 0 Å². The van der Waals surface area contributed by atoms with E-state index < -0.39 is 0 Å². The minimum atomic E-state index is 0.0441. The molecule has 0 aliphatic carbocycles. The third kappa shape index (κ3) is 3.51. The van der Waals surface area contributed by atoms with Crippen molar-refractivity contribution in [1.29, 1.82) is 0 Å². The summed E-state index contributed by atoms with van der Waals surface area (Å²) < 4.78 is 5.30. The van der Waals surface area contributed by atoms with Crippen LogP contribution in [0.25, 0.3) is 0 Å². The van der Waals surface area contributed by atoms with Gasteiger partial charge >= 0.3 is 6.01 Å². The van der Waals surface area contributed by atoms with E-state index in [0.717, 1.165) is 0 Å². The van der Waals surface area contributed by atoms with E-state index in [-0.39, 0.29) is 11.9 Å². The zero-order valence-corrected chi connectivity index (χ0v) is 8.65. The van der Waals surface area contributed by atoms with E-state index in [1.165, 1.54) is 6.92 Å². The van der Waals surface area contributed by atoms with Crippen LogP contribution in [0.15, 0.2) is 12.3 Å². The molecule has 76 valence electrons. The fourth-order valence-corrected chi connectivity index (χ4v) is 0.997. The maximum absolute atomic E-state index is 10.8. The predicted molar refractivity (Wildman–Crippen MR) is 52.2 cm³/mol. The summed E-state index contributed by atoms with van der Waals surface area (Å²) >= 11 is 0. The van der Waals surface area contributed by atoms with Gasteiger partial charge < -0.3 is 4.74 Å². The lowest BCUT2D eigenvalue weighted by molar-refractivity contribution is -0.116. The number of ether oxygens (including phenoxy) is 1. The van der Waals surface area contributed by atoms with E-state index >= 15 is 0 Å². The Bertz CT molecular complexity index is 324. The van der Waals surface area contributed by atoms with Gasteiger partial charge in [0.25, 0.3) is 0 Å². The molecule has 4 nitrogen and oxygen atoms in total. The Labute approximate surface area is 83.3 Å². The Hall–Kier alpha value is -1.45. The molecule has 0 amide bonds. The summed E-state index contributed by atoms with van der Waals surface area (Å²) in [5.74, 6) is 0.0826. The Morgan fingerprint density at radius 1 is 1.57 bits per heavy atom. The maximum atomic E-state index is 10.8. The zero-order valence-electron chi connectivity index (χ0n) is 8.65. The fraction of sp³-hybridized carbons (Fsp3) is 0.500. The van der Waals surface area contributed by atoms with Crippen LogP contribution in [0.3, 0.4) is 0 Å². The van der Waals surface area contributed by atoms with Crippen LogP contribution in [0.2, 0.25) is 0 Å². The Kier molecular flexibility index (Phi) is 3.56. The SMILES string of the molecule is CC(=O)Cc1ccnc(OC(C)C)n1. The molecule has 0 spiro atoms. The normalized spacial score (nSPS) is 10.3. The molecule has 0 aliphatic heterocycles. The van der Waals surface area contributed by atoms with Gasteiger partial charge in [0.15, 0.2) is 0 Å². The first-order valence-electron chi connectivity index (χ1n) is 4.56. The minimum Gasteiger partial charge on any atom is -0.461 e. The van der Waals surface area contributed by atoms with E-state index in [1.54, 1.807) is 12.3 Å². The third-order valence-electron chi connectivity index (χ3n) is 1.46. The van der Waals surface area contributed by atoms with Crippen LogP contribution in [0, 0.1) is 0 Å². The largest absolute Gasteiger partial charge is 0.461 e. The minimum absolute atomic E-state index is 0.0441. The highest BCUT2D eigenvalue weighted by atomic mass is 16.5. The van der Waals surface area contributed by atoms with Gasteiger partial charge in [-0.3, -0.25) is 4.79 Å². The highest BCUT2D eigenvalue weighted by molar-refractivity contribution is 5.77. The third-order valence-corrected chi connectivity index (χ3v) is 1.46. The summed E-state index contributed by atoms with van der Waals surface area (Å²) in [6, 6.07) is 2.05. The smallest absolute Gasteiger partial charge is 0.316 e. The number of Topliss-reactive ketones (excluding diaryl/α,β-unsaturated/α-hetero) is 1. The van der Waals surface area contributed by atoms with Crippen LogP contribution in [0.4, 0.5) is 0 Å². The van der Waals surface area contributed by atoms with Gasteiger partial charge in [-0.2, -0.15) is 4.98 Å². The molecular formula is C10H14N2O2. The number of rotatable bonds is 4. The summed E-state index contributed by atoms with van der Waals surface area (Å²) in [7, 11) is 0. The molecule has 0 saturated heterocycles. The first kappa shape index (κ1) is 10.6. The van der Waals surface area contributed by atoms with E-state index in [4.69, 9.17) is 4.74 Å². The monoisotopic (exact) mass is 194 g/mol. The number of carbonyl (C=O) groups excluding carboxylic acids is 1. The number of hydrogen-bond donors (Lipinski definition) is 0. The van der Waals surface area contributed by atoms with Gasteiger partial charge in [-0.1, -0.05) is 0 Å². The second-order valence-corrected chi connectivity index (χ2v) is 3.38. The van der Waals surface area contributed by atoms with Crippen molar-refractivity contribution in [3.05, 3.63) is 18.0 Å². The number of carbonyl (C=O) groups is 1. The Morgan fingerprint density at radius 2 is 2.29 bits per heavy atom. The second kappa shape index (κ2) is 4.69. The average Bonchev–Trinajstić information content (AvgIpc) is 2.01. The highest BCUT2D eigenvalue weighted by Gasteiger charge is 2.04. The molecule has 1 aromatic heterocycles. The summed E-state index contributed by atoms with van der Waals surface area (Å²) in [4.78, 5) is 18.9. The lowest BCUT2D eigenvalue weighted by Gasteiger charge is -2.07. The number of hydrogen-bond acceptors (Lipinski definition) is 4. The van der Waals surface area contributed by atoms with Gasteiger partial charge in [0.1, 0.15) is 5.78 Å². The summed E-state index contributed by atoms with van der Waals surface area (Å²) in [5.41, 5.74) is 0.697. The van der Waals surface area contributed by atoms with Crippen LogP contribution in [0.5, 0.6) is 6.01 Å². The van der Waals surface area contributed by atoms with Crippen molar-refractivity contribution in [2.45, 2.75) is 33.3 Å². The molecular weight excluding hydrogens is 180 g/mol. The molecule has 0 saturated carbocycles. The van der Waals surface area contributed by atoms with Gasteiger partial charge in [0.05, 0.1) is 11.8 Å². The van der Waals surface area contributed by atoms with E-state index in [9.17, 15) is 4.79 Å². The molecule has 0 fully saturated rings. The van der Waals surface area contributed by atoms with E-state index in [2.05, 4.69) is 9.97 Å². The van der Waals surface area contributed by atoms with Gasteiger partial charge in [0, 0.05) is 12.6 Å². The highest BCUT2D eigenvalue weighted by Crippen LogP contribution is 2.05. The lowest BCUT2D eigenvalue weighted by atomic mass is 10.2. The van der Waals surface area contributed by atoms with Crippen LogP contribution in [0.1, 0.15) is 26.5 Å². The molecule has 14 heavy (non-hydrogen) atoms. The molecule has 0 N–H and O–H groups in total. The molecule has 0 aromatic carbocycles. The molecule has 0 radical (unpaired) electrons. The number of aromatic nitrogens is 2. The van der Waals surface area contributed by atoms with E-state index in [0.29, 0.717) is 18.1 Å². The van der Waals surface area contributed by atoms with E-state index in [1.807, 2.05) is 13.8 Å². The van der Waals surface area contributed by atoms with Gasteiger partial charge in [-0.05, 0) is 26.8 Å². The van der Waals surface area contributed by atoms with Crippen LogP contribution < -0.4 is 4.74 Å². The maximum Gasteiger partial charge on any atom is 0.316 e. The quantitative estimate of drug-likeness (QED) is 0.726. The standard InChI is InChI=1S/C10H14N2O2/c1-7(2)14-10-11-5-4-9(12-10)6-8(3)13/h4-5,7H,6H2,1-3H3. The Balaban J connectivity index is 2.73. The summed E-state index contributed by atoms with van der Waals surface area (Å²) in [6.45, 7) is 5.34. The fourth-order valence-electron chi connectivity index (χ4n) is 0.997. The molecule has 1 heterocycles. The van der Waals surface area contributed by atoms with Crippen molar-refractivity contribution in [2.75, 3.05) is 0 Å². The van der Waals surface area contributed by atoms with Crippen LogP contribution in [-0.4, -0.2) is 21.9 Å². The van der Waals surface area contributed by atoms with Crippen molar-refractivity contribution < 1.29 is 9.53 Å². The van der Waals surface area contributed by atoms with Crippen molar-refractivity contribution in [1.82, 2.24) is 9.97 Å². The molecule has 1 rings (SSSR count). The predicted octanol–water partition coefficient (Wildman–Crippen LogP) is 1.40. The van der Waals surface area contributed by atoms with Crippen molar-refractivity contribution in [2.24, 2.45) is 0 Å². The summed E-state index contributed by atoms with van der Waals surface area (Å²) in [5, 5.41) is 0. The molecule has 0 aliphatic rings. The van der Waals surface area contributed by atoms with Crippen molar-refractivity contribution in [3.63, 3.8) is 0 Å². The van der Waals surface area contributed by atoms with Crippen molar-refractivity contribution >= 4 is 5.78 Å². The van der Waals surface area contributed by atoms with Gasteiger partial charge in [-0.25, -0.2) is 4.98 Å². The Morgan fingerprint density at radius 3 is 2.86 bits per heavy atom. The first-order valence-corrected chi connectivity index (χ1v) is 4.56.